The van der Waals surface area contributed by atoms with Crippen LogP contribution in [0.3, 0.4) is 0 Å². The lowest BCUT2D eigenvalue weighted by molar-refractivity contribution is -0.111. The molecule has 0 bridgehead atoms. The molecular formula is C17H13BrFNO3. The molecule has 3 rings (SSSR count). The zero-order valence-corrected chi connectivity index (χ0v) is 13.6. The Kier molecular flexibility index (Phi) is 4.62. The van der Waals surface area contributed by atoms with E-state index in [4.69, 9.17) is 9.47 Å². The Morgan fingerprint density at radius 2 is 1.91 bits per heavy atom. The number of carbonyl (C=O) groups is 1. The fraction of sp³-hybridized carbons (Fsp3) is 0.118. The summed E-state index contributed by atoms with van der Waals surface area (Å²) in [6, 6.07) is 9.69. The molecule has 0 saturated heterocycles. The minimum absolute atomic E-state index is 0.330. The smallest absolute Gasteiger partial charge is 0.248 e. The average Bonchev–Trinajstić information content (AvgIpc) is 2.55. The molecule has 1 N–H and O–H groups in total. The Bertz CT molecular complexity index is 776. The first-order chi connectivity index (χ1) is 11.1. The van der Waals surface area contributed by atoms with Crippen LogP contribution in [-0.2, 0) is 4.79 Å². The second-order valence-corrected chi connectivity index (χ2v) is 5.76. The van der Waals surface area contributed by atoms with Gasteiger partial charge < -0.3 is 14.8 Å². The van der Waals surface area contributed by atoms with Gasteiger partial charge in [0, 0.05) is 27.9 Å². The molecule has 1 aliphatic heterocycles. The summed E-state index contributed by atoms with van der Waals surface area (Å²) in [6.07, 6.45) is 2.70. The van der Waals surface area contributed by atoms with Gasteiger partial charge in [-0.25, -0.2) is 4.39 Å². The number of anilines is 1. The molecule has 6 heteroatoms. The first-order valence-electron chi connectivity index (χ1n) is 6.95. The van der Waals surface area contributed by atoms with Crippen molar-refractivity contribution in [3.63, 3.8) is 0 Å². The van der Waals surface area contributed by atoms with E-state index < -0.39 is 5.82 Å². The molecule has 23 heavy (non-hydrogen) atoms. The van der Waals surface area contributed by atoms with Crippen LogP contribution < -0.4 is 14.8 Å². The Hall–Kier alpha value is -2.34. The highest BCUT2D eigenvalue weighted by Gasteiger charge is 2.12. The summed E-state index contributed by atoms with van der Waals surface area (Å²) in [6.45, 7) is 0.992. The lowest BCUT2D eigenvalue weighted by atomic mass is 10.2. The van der Waals surface area contributed by atoms with Crippen LogP contribution in [0.4, 0.5) is 10.1 Å². The number of benzene rings is 2. The van der Waals surface area contributed by atoms with Crippen molar-refractivity contribution < 1.29 is 18.7 Å². The van der Waals surface area contributed by atoms with Gasteiger partial charge in [0.05, 0.1) is 0 Å². The Labute approximate surface area is 141 Å². The van der Waals surface area contributed by atoms with Gasteiger partial charge in [-0.3, -0.25) is 4.79 Å². The maximum atomic E-state index is 13.6. The van der Waals surface area contributed by atoms with E-state index in [-0.39, 0.29) is 5.91 Å². The van der Waals surface area contributed by atoms with Crippen LogP contribution >= 0.6 is 15.9 Å². The van der Waals surface area contributed by atoms with Crippen LogP contribution in [0.2, 0.25) is 0 Å². The van der Waals surface area contributed by atoms with E-state index in [1.165, 1.54) is 18.2 Å². The van der Waals surface area contributed by atoms with Crippen LogP contribution in [-0.4, -0.2) is 19.1 Å². The Morgan fingerprint density at radius 3 is 2.74 bits per heavy atom. The van der Waals surface area contributed by atoms with Crippen molar-refractivity contribution >= 4 is 33.6 Å². The Morgan fingerprint density at radius 1 is 1.13 bits per heavy atom. The average molecular weight is 378 g/mol. The summed E-state index contributed by atoms with van der Waals surface area (Å²) in [5.74, 6) is 0.495. The van der Waals surface area contributed by atoms with Gasteiger partial charge in [-0.1, -0.05) is 15.9 Å². The van der Waals surface area contributed by atoms with E-state index in [0.29, 0.717) is 36.0 Å². The minimum atomic E-state index is -0.392. The molecule has 2 aromatic rings. The topological polar surface area (TPSA) is 47.6 Å². The quantitative estimate of drug-likeness (QED) is 0.822. The summed E-state index contributed by atoms with van der Waals surface area (Å²) >= 11 is 3.27. The van der Waals surface area contributed by atoms with E-state index >= 15 is 0 Å². The van der Waals surface area contributed by atoms with Gasteiger partial charge in [-0.2, -0.15) is 0 Å². The molecule has 0 radical (unpaired) electrons. The molecule has 0 aromatic heterocycles. The molecule has 1 amide bonds. The molecule has 4 nitrogen and oxygen atoms in total. The fourth-order valence-corrected chi connectivity index (χ4v) is 2.49. The van der Waals surface area contributed by atoms with Crippen LogP contribution in [0.15, 0.2) is 46.9 Å². The number of carbonyl (C=O) groups excluding carboxylic acids is 1. The van der Waals surface area contributed by atoms with Crippen molar-refractivity contribution in [3.8, 4) is 11.5 Å². The SMILES string of the molecule is O=C(/C=C/c1cc(Br)ccc1F)Nc1ccc2c(c1)OCCO2. The lowest BCUT2D eigenvalue weighted by Gasteiger charge is -2.18. The fourth-order valence-electron chi connectivity index (χ4n) is 2.11. The lowest BCUT2D eigenvalue weighted by Crippen LogP contribution is -2.16. The largest absolute Gasteiger partial charge is 0.486 e. The number of halogens is 2. The van der Waals surface area contributed by atoms with E-state index in [1.807, 2.05) is 0 Å². The summed E-state index contributed by atoms with van der Waals surface area (Å²) in [7, 11) is 0. The highest BCUT2D eigenvalue weighted by molar-refractivity contribution is 9.10. The van der Waals surface area contributed by atoms with Gasteiger partial charge in [0.25, 0.3) is 0 Å². The van der Waals surface area contributed by atoms with Gasteiger partial charge in [0.1, 0.15) is 19.0 Å². The molecule has 118 valence electrons. The molecule has 0 unspecified atom stereocenters. The van der Waals surface area contributed by atoms with Crippen LogP contribution in [0.25, 0.3) is 6.08 Å². The molecule has 0 spiro atoms. The number of rotatable bonds is 3. The van der Waals surface area contributed by atoms with Crippen molar-refractivity contribution in [2.24, 2.45) is 0 Å². The van der Waals surface area contributed by atoms with Gasteiger partial charge in [-0.15, -0.1) is 0 Å². The third-order valence-electron chi connectivity index (χ3n) is 3.18. The third-order valence-corrected chi connectivity index (χ3v) is 3.68. The van der Waals surface area contributed by atoms with Crippen molar-refractivity contribution in [1.29, 1.82) is 0 Å². The van der Waals surface area contributed by atoms with Gasteiger partial charge in [-0.05, 0) is 36.4 Å². The maximum absolute atomic E-state index is 13.6. The van der Waals surface area contributed by atoms with E-state index in [0.717, 1.165) is 4.47 Å². The minimum Gasteiger partial charge on any atom is -0.486 e. The zero-order valence-electron chi connectivity index (χ0n) is 12.0. The van der Waals surface area contributed by atoms with Crippen molar-refractivity contribution in [1.82, 2.24) is 0 Å². The number of fused-ring (bicyclic) bond motifs is 1. The maximum Gasteiger partial charge on any atom is 0.248 e. The standard InChI is InChI=1S/C17H13BrFNO3/c18-12-2-4-14(19)11(9-12)1-6-17(21)20-13-3-5-15-16(10-13)23-8-7-22-15/h1-6,9-10H,7-8H2,(H,20,21)/b6-1+. The van der Waals surface area contributed by atoms with Crippen molar-refractivity contribution in [2.75, 3.05) is 18.5 Å². The number of nitrogens with one attached hydrogen (secondary N) is 1. The van der Waals surface area contributed by atoms with Crippen LogP contribution in [0.5, 0.6) is 11.5 Å². The second kappa shape index (κ2) is 6.83. The van der Waals surface area contributed by atoms with Crippen molar-refractivity contribution in [2.45, 2.75) is 0 Å². The number of amides is 1. The summed E-state index contributed by atoms with van der Waals surface area (Å²) in [5.41, 5.74) is 0.912. The summed E-state index contributed by atoms with van der Waals surface area (Å²) < 4.78 is 25.2. The molecule has 1 heterocycles. The first kappa shape index (κ1) is 15.6. The third kappa shape index (κ3) is 3.90. The normalized spacial score (nSPS) is 13.1. The molecule has 0 saturated carbocycles. The number of hydrogen-bond acceptors (Lipinski definition) is 3. The molecule has 0 atom stereocenters. The predicted octanol–water partition coefficient (Wildman–Crippen LogP) is 4.01. The monoisotopic (exact) mass is 377 g/mol. The van der Waals surface area contributed by atoms with Crippen molar-refractivity contribution in [3.05, 3.63) is 58.3 Å². The molecule has 2 aromatic carbocycles. The number of hydrogen-bond donors (Lipinski definition) is 1. The van der Waals surface area contributed by atoms with Gasteiger partial charge >= 0.3 is 0 Å². The van der Waals surface area contributed by atoms with Crippen LogP contribution in [0.1, 0.15) is 5.56 Å². The van der Waals surface area contributed by atoms with Gasteiger partial charge in [0.2, 0.25) is 5.91 Å². The predicted molar refractivity (Wildman–Crippen MR) is 89.2 cm³/mol. The van der Waals surface area contributed by atoms with E-state index in [9.17, 15) is 9.18 Å². The van der Waals surface area contributed by atoms with E-state index in [1.54, 1.807) is 30.3 Å². The zero-order chi connectivity index (χ0) is 16.2. The first-order valence-corrected chi connectivity index (χ1v) is 7.75. The summed E-state index contributed by atoms with van der Waals surface area (Å²) in [4.78, 5) is 11.9. The molecular weight excluding hydrogens is 365 g/mol. The highest BCUT2D eigenvalue weighted by atomic mass is 79.9. The van der Waals surface area contributed by atoms with E-state index in [2.05, 4.69) is 21.2 Å². The second-order valence-electron chi connectivity index (χ2n) is 4.85. The number of ether oxygens (including phenoxy) is 2. The molecule has 1 aliphatic rings. The molecule has 0 fully saturated rings. The van der Waals surface area contributed by atoms with Crippen LogP contribution in [0, 0.1) is 5.82 Å². The highest BCUT2D eigenvalue weighted by Crippen LogP contribution is 2.32. The Balaban J connectivity index is 1.69. The van der Waals surface area contributed by atoms with Gasteiger partial charge in [0.15, 0.2) is 11.5 Å². The summed E-state index contributed by atoms with van der Waals surface area (Å²) in [5, 5.41) is 2.70. The molecule has 0 aliphatic carbocycles.